The Balaban J connectivity index is 2.20. The van der Waals surface area contributed by atoms with Crippen LogP contribution in [0.4, 0.5) is 0 Å². The molecule has 0 bridgehead atoms. The zero-order valence-corrected chi connectivity index (χ0v) is 14.1. The standard InChI is InChI=1S/C16H32N4/c1-7-20-14(3)15(13(2)19-20)9-12-17-10-8-11-18-16(4,5)6/h17-18H,7-12H2,1-6H3. The summed E-state index contributed by atoms with van der Waals surface area (Å²) < 4.78 is 2.10. The molecule has 0 unspecified atom stereocenters. The van der Waals surface area contributed by atoms with Crippen molar-refractivity contribution in [1.82, 2.24) is 20.4 Å². The molecular weight excluding hydrogens is 248 g/mol. The molecule has 0 aliphatic heterocycles. The van der Waals surface area contributed by atoms with Crippen molar-refractivity contribution in [1.29, 1.82) is 0 Å². The molecule has 20 heavy (non-hydrogen) atoms. The van der Waals surface area contributed by atoms with E-state index in [2.05, 4.69) is 62.0 Å². The van der Waals surface area contributed by atoms with Crippen molar-refractivity contribution in [3.8, 4) is 0 Å². The van der Waals surface area contributed by atoms with Gasteiger partial charge < -0.3 is 10.6 Å². The number of aryl methyl sites for hydroxylation is 2. The maximum absolute atomic E-state index is 4.56. The Hall–Kier alpha value is -0.870. The summed E-state index contributed by atoms with van der Waals surface area (Å²) in [4.78, 5) is 0. The molecule has 0 radical (unpaired) electrons. The highest BCUT2D eigenvalue weighted by Crippen LogP contribution is 2.13. The van der Waals surface area contributed by atoms with Crippen LogP contribution in [0.15, 0.2) is 0 Å². The Bertz CT molecular complexity index is 401. The summed E-state index contributed by atoms with van der Waals surface area (Å²) >= 11 is 0. The van der Waals surface area contributed by atoms with Crippen LogP contribution in [-0.2, 0) is 13.0 Å². The number of nitrogens with zero attached hydrogens (tertiary/aromatic N) is 2. The normalized spacial score (nSPS) is 12.1. The van der Waals surface area contributed by atoms with E-state index in [9.17, 15) is 0 Å². The molecule has 0 atom stereocenters. The van der Waals surface area contributed by atoms with E-state index < -0.39 is 0 Å². The Kier molecular flexibility index (Phi) is 6.69. The number of nitrogens with one attached hydrogen (secondary N) is 2. The second-order valence-electron chi connectivity index (χ2n) is 6.50. The van der Waals surface area contributed by atoms with Gasteiger partial charge in [-0.05, 0) is 79.6 Å². The van der Waals surface area contributed by atoms with Crippen LogP contribution in [0.25, 0.3) is 0 Å². The molecule has 1 aromatic heterocycles. The lowest BCUT2D eigenvalue weighted by Gasteiger charge is -2.20. The predicted molar refractivity (Wildman–Crippen MR) is 86.3 cm³/mol. The smallest absolute Gasteiger partial charge is 0.0628 e. The molecule has 4 nitrogen and oxygen atoms in total. The molecule has 4 heteroatoms. The summed E-state index contributed by atoms with van der Waals surface area (Å²) in [5.41, 5.74) is 4.14. The first-order chi connectivity index (χ1) is 9.35. The topological polar surface area (TPSA) is 41.9 Å². The van der Waals surface area contributed by atoms with E-state index in [1.165, 1.54) is 23.4 Å². The van der Waals surface area contributed by atoms with Gasteiger partial charge in [-0.25, -0.2) is 0 Å². The molecular formula is C16H32N4. The zero-order valence-electron chi connectivity index (χ0n) is 14.1. The van der Waals surface area contributed by atoms with E-state index in [1.54, 1.807) is 0 Å². The first-order valence-electron chi connectivity index (χ1n) is 7.83. The fourth-order valence-electron chi connectivity index (χ4n) is 2.42. The highest BCUT2D eigenvalue weighted by Gasteiger charge is 2.10. The van der Waals surface area contributed by atoms with Gasteiger partial charge in [-0.1, -0.05) is 0 Å². The first-order valence-corrected chi connectivity index (χ1v) is 7.83. The number of rotatable bonds is 8. The minimum Gasteiger partial charge on any atom is -0.316 e. The highest BCUT2D eigenvalue weighted by molar-refractivity contribution is 5.24. The Morgan fingerprint density at radius 1 is 1.10 bits per heavy atom. The number of aromatic nitrogens is 2. The van der Waals surface area contributed by atoms with Crippen LogP contribution in [0.3, 0.4) is 0 Å². The quantitative estimate of drug-likeness (QED) is 0.719. The van der Waals surface area contributed by atoms with Gasteiger partial charge in [-0.2, -0.15) is 5.10 Å². The Labute approximate surface area is 124 Å². The van der Waals surface area contributed by atoms with E-state index >= 15 is 0 Å². The van der Waals surface area contributed by atoms with Crippen LogP contribution >= 0.6 is 0 Å². The van der Waals surface area contributed by atoms with Crippen LogP contribution in [0, 0.1) is 13.8 Å². The molecule has 0 fully saturated rings. The van der Waals surface area contributed by atoms with Gasteiger partial charge in [0.2, 0.25) is 0 Å². The molecule has 116 valence electrons. The zero-order chi connectivity index (χ0) is 15.2. The second-order valence-corrected chi connectivity index (χ2v) is 6.50. The molecule has 1 heterocycles. The van der Waals surface area contributed by atoms with E-state index in [-0.39, 0.29) is 5.54 Å². The lowest BCUT2D eigenvalue weighted by molar-refractivity contribution is 0.419. The third-order valence-electron chi connectivity index (χ3n) is 3.57. The van der Waals surface area contributed by atoms with Crippen LogP contribution in [0.5, 0.6) is 0 Å². The monoisotopic (exact) mass is 280 g/mol. The van der Waals surface area contributed by atoms with Gasteiger partial charge in [-0.15, -0.1) is 0 Å². The van der Waals surface area contributed by atoms with E-state index in [1.807, 2.05) is 0 Å². The lowest BCUT2D eigenvalue weighted by Crippen LogP contribution is -2.37. The summed E-state index contributed by atoms with van der Waals surface area (Å²) in [7, 11) is 0. The Morgan fingerprint density at radius 3 is 2.35 bits per heavy atom. The van der Waals surface area contributed by atoms with Crippen LogP contribution in [0.1, 0.15) is 51.1 Å². The van der Waals surface area contributed by atoms with E-state index in [0.29, 0.717) is 0 Å². The van der Waals surface area contributed by atoms with Gasteiger partial charge >= 0.3 is 0 Å². The van der Waals surface area contributed by atoms with Crippen molar-refractivity contribution in [3.63, 3.8) is 0 Å². The molecule has 0 amide bonds. The minimum absolute atomic E-state index is 0.225. The van der Waals surface area contributed by atoms with Gasteiger partial charge in [0.25, 0.3) is 0 Å². The molecule has 1 rings (SSSR count). The summed E-state index contributed by atoms with van der Waals surface area (Å²) in [6.07, 6.45) is 2.24. The van der Waals surface area contributed by atoms with Crippen LogP contribution < -0.4 is 10.6 Å². The Morgan fingerprint density at radius 2 is 1.80 bits per heavy atom. The van der Waals surface area contributed by atoms with Gasteiger partial charge in [-0.3, -0.25) is 4.68 Å². The van der Waals surface area contributed by atoms with Crippen LogP contribution in [0.2, 0.25) is 0 Å². The van der Waals surface area contributed by atoms with Gasteiger partial charge in [0.1, 0.15) is 0 Å². The highest BCUT2D eigenvalue weighted by atomic mass is 15.3. The summed E-state index contributed by atoms with van der Waals surface area (Å²) in [5, 5.41) is 11.6. The van der Waals surface area contributed by atoms with Crippen molar-refractivity contribution >= 4 is 0 Å². The third kappa shape index (κ3) is 5.63. The van der Waals surface area contributed by atoms with E-state index in [4.69, 9.17) is 0 Å². The maximum Gasteiger partial charge on any atom is 0.0628 e. The second kappa shape index (κ2) is 7.79. The molecule has 0 saturated carbocycles. The molecule has 1 aromatic rings. The fraction of sp³-hybridized carbons (Fsp3) is 0.812. The molecule has 0 aliphatic rings. The van der Waals surface area contributed by atoms with Crippen molar-refractivity contribution < 1.29 is 0 Å². The number of hydrogen-bond acceptors (Lipinski definition) is 3. The van der Waals surface area contributed by atoms with Crippen molar-refractivity contribution in [2.24, 2.45) is 0 Å². The van der Waals surface area contributed by atoms with Crippen molar-refractivity contribution in [2.45, 2.75) is 66.5 Å². The average Bonchev–Trinajstić information content (AvgIpc) is 2.63. The fourth-order valence-corrected chi connectivity index (χ4v) is 2.42. The number of hydrogen-bond donors (Lipinski definition) is 2. The lowest BCUT2D eigenvalue weighted by atomic mass is 10.1. The molecule has 0 aliphatic carbocycles. The van der Waals surface area contributed by atoms with Gasteiger partial charge in [0.05, 0.1) is 5.69 Å². The average molecular weight is 280 g/mol. The third-order valence-corrected chi connectivity index (χ3v) is 3.57. The first kappa shape index (κ1) is 17.2. The van der Waals surface area contributed by atoms with Gasteiger partial charge in [0, 0.05) is 17.8 Å². The van der Waals surface area contributed by atoms with Crippen molar-refractivity contribution in [3.05, 3.63) is 17.0 Å². The maximum atomic E-state index is 4.56. The van der Waals surface area contributed by atoms with Gasteiger partial charge in [0.15, 0.2) is 0 Å². The summed E-state index contributed by atoms with van der Waals surface area (Å²) in [5.74, 6) is 0. The molecule has 0 aromatic carbocycles. The minimum atomic E-state index is 0.225. The van der Waals surface area contributed by atoms with Crippen molar-refractivity contribution in [2.75, 3.05) is 19.6 Å². The SMILES string of the molecule is CCn1nc(C)c(CCNCCCNC(C)(C)C)c1C. The summed E-state index contributed by atoms with van der Waals surface area (Å²) in [6.45, 7) is 17.2. The van der Waals surface area contributed by atoms with Crippen LogP contribution in [-0.4, -0.2) is 35.0 Å². The summed E-state index contributed by atoms with van der Waals surface area (Å²) in [6, 6.07) is 0. The molecule has 0 saturated heterocycles. The molecule has 2 N–H and O–H groups in total. The largest absolute Gasteiger partial charge is 0.316 e. The van der Waals surface area contributed by atoms with E-state index in [0.717, 1.165) is 32.6 Å². The molecule has 0 spiro atoms. The predicted octanol–water partition coefficient (Wildman–Crippen LogP) is 2.43.